The SMILES string of the molecule is CCn1nc(C)cc1CC(Cc1ccc(F)cc1)NN. The molecule has 2 aromatic rings. The summed E-state index contributed by atoms with van der Waals surface area (Å²) >= 11 is 0. The highest BCUT2D eigenvalue weighted by molar-refractivity contribution is 5.18. The van der Waals surface area contributed by atoms with Crippen molar-refractivity contribution in [3.63, 3.8) is 0 Å². The molecule has 0 saturated heterocycles. The molecule has 1 aromatic heterocycles. The molecule has 0 aliphatic carbocycles. The number of rotatable bonds is 6. The van der Waals surface area contributed by atoms with Crippen molar-refractivity contribution in [1.82, 2.24) is 15.2 Å². The molecule has 0 fully saturated rings. The number of nitrogens with one attached hydrogen (secondary N) is 1. The standard InChI is InChI=1S/C15H21FN4/c1-3-20-15(8-11(2)19-20)10-14(18-17)9-12-4-6-13(16)7-5-12/h4-8,14,18H,3,9-10,17H2,1-2H3. The van der Waals surface area contributed by atoms with Crippen molar-refractivity contribution < 1.29 is 4.39 Å². The summed E-state index contributed by atoms with van der Waals surface area (Å²) in [5, 5.41) is 4.43. The molecule has 1 aromatic carbocycles. The van der Waals surface area contributed by atoms with Gasteiger partial charge in [-0.1, -0.05) is 12.1 Å². The Morgan fingerprint density at radius 1 is 1.30 bits per heavy atom. The third-order valence-electron chi connectivity index (χ3n) is 3.37. The largest absolute Gasteiger partial charge is 0.271 e. The lowest BCUT2D eigenvalue weighted by atomic mass is 10.0. The highest BCUT2D eigenvalue weighted by Crippen LogP contribution is 2.11. The predicted molar refractivity (Wildman–Crippen MR) is 77.6 cm³/mol. The normalized spacial score (nSPS) is 12.6. The van der Waals surface area contributed by atoms with Crippen LogP contribution in [0.1, 0.15) is 23.9 Å². The van der Waals surface area contributed by atoms with Crippen LogP contribution in [0.2, 0.25) is 0 Å². The minimum atomic E-state index is -0.217. The van der Waals surface area contributed by atoms with Gasteiger partial charge in [0.15, 0.2) is 0 Å². The lowest BCUT2D eigenvalue weighted by Gasteiger charge is -2.16. The van der Waals surface area contributed by atoms with E-state index in [1.54, 1.807) is 12.1 Å². The van der Waals surface area contributed by atoms with Crippen molar-refractivity contribution in [2.24, 2.45) is 5.84 Å². The molecule has 3 N–H and O–H groups in total. The van der Waals surface area contributed by atoms with Gasteiger partial charge in [-0.05, 0) is 44.0 Å². The third kappa shape index (κ3) is 3.65. The van der Waals surface area contributed by atoms with Gasteiger partial charge in [-0.2, -0.15) is 5.10 Å². The summed E-state index contributed by atoms with van der Waals surface area (Å²) in [5.41, 5.74) is 6.08. The number of hydrogen-bond acceptors (Lipinski definition) is 3. The van der Waals surface area contributed by atoms with E-state index in [0.717, 1.165) is 36.3 Å². The van der Waals surface area contributed by atoms with Crippen molar-refractivity contribution >= 4 is 0 Å². The second kappa shape index (κ2) is 6.63. The van der Waals surface area contributed by atoms with E-state index < -0.39 is 0 Å². The first-order chi connectivity index (χ1) is 9.62. The summed E-state index contributed by atoms with van der Waals surface area (Å²) in [6, 6.07) is 8.72. The molecule has 1 atom stereocenters. The average Bonchev–Trinajstić information content (AvgIpc) is 2.80. The molecule has 0 spiro atoms. The van der Waals surface area contributed by atoms with E-state index in [9.17, 15) is 4.39 Å². The van der Waals surface area contributed by atoms with Crippen molar-refractivity contribution in [3.05, 3.63) is 53.1 Å². The van der Waals surface area contributed by atoms with E-state index in [2.05, 4.69) is 23.5 Å². The fourth-order valence-electron chi connectivity index (χ4n) is 2.38. The molecule has 5 heteroatoms. The fraction of sp³-hybridized carbons (Fsp3) is 0.400. The zero-order chi connectivity index (χ0) is 14.5. The lowest BCUT2D eigenvalue weighted by molar-refractivity contribution is 0.495. The molecule has 0 bridgehead atoms. The van der Waals surface area contributed by atoms with Crippen LogP contribution >= 0.6 is 0 Å². The monoisotopic (exact) mass is 276 g/mol. The van der Waals surface area contributed by atoms with Gasteiger partial charge >= 0.3 is 0 Å². The van der Waals surface area contributed by atoms with Crippen molar-refractivity contribution in [1.29, 1.82) is 0 Å². The second-order valence-corrected chi connectivity index (χ2v) is 4.99. The van der Waals surface area contributed by atoms with E-state index >= 15 is 0 Å². The molecule has 0 aliphatic heterocycles. The van der Waals surface area contributed by atoms with E-state index in [1.807, 2.05) is 11.6 Å². The molecule has 20 heavy (non-hydrogen) atoms. The number of aryl methyl sites for hydroxylation is 2. The minimum Gasteiger partial charge on any atom is -0.271 e. The summed E-state index contributed by atoms with van der Waals surface area (Å²) in [4.78, 5) is 0. The summed E-state index contributed by atoms with van der Waals surface area (Å²) < 4.78 is 14.9. The molecule has 0 saturated carbocycles. The second-order valence-electron chi connectivity index (χ2n) is 4.99. The zero-order valence-electron chi connectivity index (χ0n) is 11.9. The Labute approximate surface area is 118 Å². The van der Waals surface area contributed by atoms with Crippen molar-refractivity contribution in [3.8, 4) is 0 Å². The van der Waals surface area contributed by atoms with Crippen molar-refractivity contribution in [2.45, 2.75) is 39.3 Å². The molecule has 1 unspecified atom stereocenters. The number of nitrogens with two attached hydrogens (primary N) is 1. The summed E-state index contributed by atoms with van der Waals surface area (Å²) in [6.07, 6.45) is 1.55. The highest BCUT2D eigenvalue weighted by Gasteiger charge is 2.13. The van der Waals surface area contributed by atoms with E-state index in [1.165, 1.54) is 12.1 Å². The summed E-state index contributed by atoms with van der Waals surface area (Å²) in [5.74, 6) is 5.43. The maximum Gasteiger partial charge on any atom is 0.123 e. The van der Waals surface area contributed by atoms with Crippen LogP contribution in [0.25, 0.3) is 0 Å². The number of benzene rings is 1. The van der Waals surface area contributed by atoms with E-state index in [0.29, 0.717) is 0 Å². The van der Waals surface area contributed by atoms with Gasteiger partial charge in [-0.15, -0.1) is 0 Å². The number of hydrogen-bond donors (Lipinski definition) is 2. The third-order valence-corrected chi connectivity index (χ3v) is 3.37. The molecule has 108 valence electrons. The predicted octanol–water partition coefficient (Wildman–Crippen LogP) is 1.97. The number of aromatic nitrogens is 2. The van der Waals surface area contributed by atoms with Gasteiger partial charge in [0.25, 0.3) is 0 Å². The first kappa shape index (κ1) is 14.7. The molecule has 0 amide bonds. The first-order valence-electron chi connectivity index (χ1n) is 6.86. The van der Waals surface area contributed by atoms with E-state index in [-0.39, 0.29) is 11.9 Å². The highest BCUT2D eigenvalue weighted by atomic mass is 19.1. The molecule has 1 heterocycles. The van der Waals surface area contributed by atoms with Crippen LogP contribution in [-0.2, 0) is 19.4 Å². The Hall–Kier alpha value is -1.72. The van der Waals surface area contributed by atoms with Crippen molar-refractivity contribution in [2.75, 3.05) is 0 Å². The van der Waals surface area contributed by atoms with Gasteiger partial charge in [0.1, 0.15) is 5.82 Å². The minimum absolute atomic E-state index is 0.0989. The van der Waals surface area contributed by atoms with Gasteiger partial charge in [-0.25, -0.2) is 4.39 Å². The van der Waals surface area contributed by atoms with Gasteiger partial charge in [-0.3, -0.25) is 16.0 Å². The number of hydrazine groups is 1. The molecular formula is C15H21FN4. The van der Waals surface area contributed by atoms with Crippen LogP contribution in [0.15, 0.2) is 30.3 Å². The molecule has 2 rings (SSSR count). The Balaban J connectivity index is 2.06. The number of halogens is 1. The quantitative estimate of drug-likeness (QED) is 0.626. The van der Waals surface area contributed by atoms with Crippen LogP contribution in [0.4, 0.5) is 4.39 Å². The molecule has 0 aliphatic rings. The first-order valence-corrected chi connectivity index (χ1v) is 6.86. The lowest BCUT2D eigenvalue weighted by Crippen LogP contribution is -2.39. The Bertz CT molecular complexity index is 548. The van der Waals surface area contributed by atoms with Gasteiger partial charge < -0.3 is 0 Å². The van der Waals surface area contributed by atoms with Crippen LogP contribution in [-0.4, -0.2) is 15.8 Å². The molecule has 0 radical (unpaired) electrons. The van der Waals surface area contributed by atoms with Crippen LogP contribution in [0.3, 0.4) is 0 Å². The van der Waals surface area contributed by atoms with Crippen LogP contribution < -0.4 is 11.3 Å². The smallest absolute Gasteiger partial charge is 0.123 e. The molecule has 4 nitrogen and oxygen atoms in total. The van der Waals surface area contributed by atoms with Gasteiger partial charge in [0.2, 0.25) is 0 Å². The number of nitrogens with zero attached hydrogens (tertiary/aromatic N) is 2. The molecular weight excluding hydrogens is 255 g/mol. The summed E-state index contributed by atoms with van der Waals surface area (Å²) in [6.45, 7) is 4.90. The van der Waals surface area contributed by atoms with Crippen LogP contribution in [0, 0.1) is 12.7 Å². The van der Waals surface area contributed by atoms with Gasteiger partial charge in [0.05, 0.1) is 5.69 Å². The Morgan fingerprint density at radius 3 is 2.60 bits per heavy atom. The average molecular weight is 276 g/mol. The topological polar surface area (TPSA) is 55.9 Å². The van der Waals surface area contributed by atoms with Crippen LogP contribution in [0.5, 0.6) is 0 Å². The zero-order valence-corrected chi connectivity index (χ0v) is 11.9. The van der Waals surface area contributed by atoms with E-state index in [4.69, 9.17) is 5.84 Å². The summed E-state index contributed by atoms with van der Waals surface area (Å²) in [7, 11) is 0. The van der Waals surface area contributed by atoms with Gasteiger partial charge in [0, 0.05) is 24.7 Å². The Kier molecular flexibility index (Phi) is 4.87. The Morgan fingerprint density at radius 2 is 2.00 bits per heavy atom. The fourth-order valence-corrected chi connectivity index (χ4v) is 2.38. The maximum absolute atomic E-state index is 12.9. The maximum atomic E-state index is 12.9.